The number of aryl methyl sites for hydroxylation is 1. The van der Waals surface area contributed by atoms with E-state index in [1.54, 1.807) is 10.8 Å². The second kappa shape index (κ2) is 8.07. The molecule has 0 aliphatic carbocycles. The predicted octanol–water partition coefficient (Wildman–Crippen LogP) is 5.88. The first kappa shape index (κ1) is 18.6. The number of hydrogen-bond donors (Lipinski definition) is 0. The van der Waals surface area contributed by atoms with E-state index in [-0.39, 0.29) is 11.6 Å². The molecule has 0 saturated heterocycles. The Morgan fingerprint density at radius 2 is 1.62 bits per heavy atom. The number of benzene rings is 3. The molecule has 0 aliphatic heterocycles. The van der Waals surface area contributed by atoms with Crippen molar-refractivity contribution in [1.29, 1.82) is 0 Å². The monoisotopic (exact) mass is 382 g/mol. The fourth-order valence-electron chi connectivity index (χ4n) is 3.03. The second-order valence-electron chi connectivity index (χ2n) is 6.78. The third-order valence-electron chi connectivity index (χ3n) is 4.63. The molecular formula is C25H19FN2O. The van der Waals surface area contributed by atoms with Crippen LogP contribution < -0.4 is 0 Å². The number of ketones is 1. The van der Waals surface area contributed by atoms with Gasteiger partial charge in [0.15, 0.2) is 5.78 Å². The van der Waals surface area contributed by atoms with Gasteiger partial charge in [-0.3, -0.25) is 4.79 Å². The number of rotatable bonds is 5. The van der Waals surface area contributed by atoms with Crippen LogP contribution in [0.5, 0.6) is 0 Å². The smallest absolute Gasteiger partial charge is 0.185 e. The van der Waals surface area contributed by atoms with Gasteiger partial charge in [0.25, 0.3) is 0 Å². The van der Waals surface area contributed by atoms with Gasteiger partial charge in [0.2, 0.25) is 0 Å². The molecule has 3 nitrogen and oxygen atoms in total. The number of allylic oxidation sites excluding steroid dienone is 1. The Hall–Kier alpha value is -3.79. The number of nitrogens with zero attached hydrogens (tertiary/aromatic N) is 2. The van der Waals surface area contributed by atoms with E-state index in [0.29, 0.717) is 5.56 Å². The van der Waals surface area contributed by atoms with Gasteiger partial charge in [-0.2, -0.15) is 5.10 Å². The molecule has 0 bridgehead atoms. The van der Waals surface area contributed by atoms with E-state index in [1.165, 1.54) is 35.9 Å². The highest BCUT2D eigenvalue weighted by Crippen LogP contribution is 2.25. The van der Waals surface area contributed by atoms with Gasteiger partial charge in [-0.1, -0.05) is 48.0 Å². The van der Waals surface area contributed by atoms with Crippen molar-refractivity contribution in [3.05, 3.63) is 114 Å². The fourth-order valence-corrected chi connectivity index (χ4v) is 3.03. The lowest BCUT2D eigenvalue weighted by atomic mass is 10.0. The molecule has 4 aromatic rings. The van der Waals surface area contributed by atoms with Crippen molar-refractivity contribution in [2.24, 2.45) is 0 Å². The molecule has 0 spiro atoms. The largest absolute Gasteiger partial charge is 0.289 e. The van der Waals surface area contributed by atoms with Crippen molar-refractivity contribution >= 4 is 11.9 Å². The van der Waals surface area contributed by atoms with Crippen molar-refractivity contribution in [3.8, 4) is 16.9 Å². The number of carbonyl (C=O) groups excluding carboxylic acids is 1. The third-order valence-corrected chi connectivity index (χ3v) is 4.63. The SMILES string of the molecule is Cc1ccc(-c2nn(-c3ccccc3)cc2/C=C/C(=O)c2ccc(F)cc2)cc1. The van der Waals surface area contributed by atoms with E-state index in [9.17, 15) is 9.18 Å². The quantitative estimate of drug-likeness (QED) is 0.319. The molecule has 0 N–H and O–H groups in total. The first-order valence-electron chi connectivity index (χ1n) is 9.30. The molecule has 4 rings (SSSR count). The summed E-state index contributed by atoms with van der Waals surface area (Å²) >= 11 is 0. The molecule has 1 aromatic heterocycles. The minimum absolute atomic E-state index is 0.188. The molecule has 0 fully saturated rings. The highest BCUT2D eigenvalue weighted by atomic mass is 19.1. The van der Waals surface area contributed by atoms with Gasteiger partial charge < -0.3 is 0 Å². The van der Waals surface area contributed by atoms with Crippen LogP contribution in [0, 0.1) is 12.7 Å². The van der Waals surface area contributed by atoms with Crippen LogP contribution in [-0.2, 0) is 0 Å². The summed E-state index contributed by atoms with van der Waals surface area (Å²) in [6.45, 7) is 2.04. The Morgan fingerprint density at radius 1 is 0.931 bits per heavy atom. The number of para-hydroxylation sites is 1. The lowest BCUT2D eigenvalue weighted by Crippen LogP contribution is -1.93. The van der Waals surface area contributed by atoms with Crippen molar-refractivity contribution in [2.45, 2.75) is 6.92 Å². The van der Waals surface area contributed by atoms with Gasteiger partial charge in [0.05, 0.1) is 11.4 Å². The van der Waals surface area contributed by atoms with Crippen molar-refractivity contribution in [3.63, 3.8) is 0 Å². The Bertz CT molecular complexity index is 1160. The number of aromatic nitrogens is 2. The maximum absolute atomic E-state index is 13.1. The zero-order valence-corrected chi connectivity index (χ0v) is 15.9. The predicted molar refractivity (Wildman–Crippen MR) is 114 cm³/mol. The lowest BCUT2D eigenvalue weighted by molar-refractivity contribution is 0.104. The molecule has 142 valence electrons. The molecule has 0 radical (unpaired) electrons. The van der Waals surface area contributed by atoms with Crippen LogP contribution >= 0.6 is 0 Å². The summed E-state index contributed by atoms with van der Waals surface area (Å²) in [5.41, 5.74) is 5.13. The van der Waals surface area contributed by atoms with Crippen LogP contribution in [-0.4, -0.2) is 15.6 Å². The van der Waals surface area contributed by atoms with Gasteiger partial charge in [0.1, 0.15) is 5.82 Å². The van der Waals surface area contributed by atoms with Crippen molar-refractivity contribution in [1.82, 2.24) is 9.78 Å². The molecule has 3 aromatic carbocycles. The molecule has 4 heteroatoms. The van der Waals surface area contributed by atoms with Crippen LogP contribution in [0.15, 0.2) is 91.1 Å². The summed E-state index contributed by atoms with van der Waals surface area (Å²) in [4.78, 5) is 12.5. The minimum atomic E-state index is -0.365. The first-order valence-corrected chi connectivity index (χ1v) is 9.30. The standard InChI is InChI=1S/C25H19FN2O/c1-18-7-9-20(10-8-18)25-21(17-28(27-25)23-5-3-2-4-6-23)13-16-24(29)19-11-14-22(26)15-12-19/h2-17H,1H3/b16-13+. The molecule has 0 saturated carbocycles. The van der Waals surface area contributed by atoms with Gasteiger partial charge >= 0.3 is 0 Å². The lowest BCUT2D eigenvalue weighted by Gasteiger charge is -2.01. The normalized spacial score (nSPS) is 11.1. The molecule has 0 aliphatic rings. The average Bonchev–Trinajstić information content (AvgIpc) is 3.18. The topological polar surface area (TPSA) is 34.9 Å². The van der Waals surface area contributed by atoms with Crippen LogP contribution in [0.2, 0.25) is 0 Å². The second-order valence-corrected chi connectivity index (χ2v) is 6.78. The maximum atomic E-state index is 13.1. The highest BCUT2D eigenvalue weighted by molar-refractivity contribution is 6.07. The van der Waals surface area contributed by atoms with Gasteiger partial charge in [-0.05, 0) is 55.5 Å². The van der Waals surface area contributed by atoms with Gasteiger partial charge in [-0.15, -0.1) is 0 Å². The Morgan fingerprint density at radius 3 is 2.31 bits per heavy atom. The maximum Gasteiger partial charge on any atom is 0.185 e. The van der Waals surface area contributed by atoms with Gasteiger partial charge in [-0.25, -0.2) is 9.07 Å². The first-order chi connectivity index (χ1) is 14.1. The zero-order valence-electron chi connectivity index (χ0n) is 15.9. The minimum Gasteiger partial charge on any atom is -0.289 e. The van der Waals surface area contributed by atoms with E-state index in [2.05, 4.69) is 0 Å². The highest BCUT2D eigenvalue weighted by Gasteiger charge is 2.11. The van der Waals surface area contributed by atoms with Crippen LogP contribution in [0.1, 0.15) is 21.5 Å². The molecule has 0 unspecified atom stereocenters. The third kappa shape index (κ3) is 4.22. The summed E-state index contributed by atoms with van der Waals surface area (Å²) in [7, 11) is 0. The Kier molecular flexibility index (Phi) is 5.16. The zero-order chi connectivity index (χ0) is 20.2. The molecule has 29 heavy (non-hydrogen) atoms. The van der Waals surface area contributed by atoms with E-state index < -0.39 is 0 Å². The summed E-state index contributed by atoms with van der Waals surface area (Å²) in [6.07, 6.45) is 5.16. The molecule has 1 heterocycles. The Balaban J connectivity index is 1.72. The number of hydrogen-bond acceptors (Lipinski definition) is 2. The summed E-state index contributed by atoms with van der Waals surface area (Å²) in [5, 5.41) is 4.75. The van der Waals surface area contributed by atoms with Crippen molar-refractivity contribution < 1.29 is 9.18 Å². The number of halogens is 1. The van der Waals surface area contributed by atoms with E-state index >= 15 is 0 Å². The van der Waals surface area contributed by atoms with Crippen LogP contribution in [0.3, 0.4) is 0 Å². The Labute approximate surface area is 168 Å². The van der Waals surface area contributed by atoms with Crippen LogP contribution in [0.25, 0.3) is 23.0 Å². The fraction of sp³-hybridized carbons (Fsp3) is 0.0400. The van der Waals surface area contributed by atoms with Crippen LogP contribution in [0.4, 0.5) is 4.39 Å². The number of carbonyl (C=O) groups is 1. The molecular weight excluding hydrogens is 363 g/mol. The summed E-state index contributed by atoms with van der Waals surface area (Å²) in [5.74, 6) is -0.552. The summed E-state index contributed by atoms with van der Waals surface area (Å²) < 4.78 is 14.9. The van der Waals surface area contributed by atoms with Crippen molar-refractivity contribution in [2.75, 3.05) is 0 Å². The molecule has 0 atom stereocenters. The van der Waals surface area contributed by atoms with E-state index in [0.717, 1.165) is 22.5 Å². The van der Waals surface area contributed by atoms with E-state index in [4.69, 9.17) is 5.10 Å². The summed E-state index contributed by atoms with van der Waals surface area (Å²) in [6, 6.07) is 23.5. The van der Waals surface area contributed by atoms with Gasteiger partial charge in [0, 0.05) is 22.9 Å². The molecule has 0 amide bonds. The average molecular weight is 382 g/mol. The van der Waals surface area contributed by atoms with E-state index in [1.807, 2.05) is 67.7 Å².